The van der Waals surface area contributed by atoms with Crippen molar-refractivity contribution < 1.29 is 22.7 Å². The lowest BCUT2D eigenvalue weighted by molar-refractivity contribution is -0.174. The number of aromatic amines is 1. The SMILES string of the molecule is CCCn1c(=O)[nH]c(=O)c2c(C(=O)NC(C)COCC(F)(F)F)cc(C(C)C)nc21. The van der Waals surface area contributed by atoms with Crippen LogP contribution < -0.4 is 16.6 Å². The van der Waals surface area contributed by atoms with Crippen LogP contribution >= 0.6 is 0 Å². The number of aryl methyl sites for hydroxylation is 1. The molecule has 0 spiro atoms. The minimum Gasteiger partial charge on any atom is -0.370 e. The number of amides is 1. The minimum atomic E-state index is -4.46. The Morgan fingerprint density at radius 3 is 2.53 bits per heavy atom. The van der Waals surface area contributed by atoms with Crippen LogP contribution in [0.1, 0.15) is 56.1 Å². The van der Waals surface area contributed by atoms with E-state index < -0.39 is 36.0 Å². The number of carbonyl (C=O) groups is 1. The quantitative estimate of drug-likeness (QED) is 0.669. The molecule has 0 saturated carbocycles. The van der Waals surface area contributed by atoms with Crippen molar-refractivity contribution in [2.24, 2.45) is 0 Å². The topological polar surface area (TPSA) is 106 Å². The standard InChI is InChI=1S/C19H25F3N4O4/c1-5-6-26-15-14(17(28)25-18(26)29)12(7-13(24-15)10(2)3)16(27)23-11(4)8-30-9-19(20,21)22/h7,10-11H,5-6,8-9H2,1-4H3,(H,23,27)(H,25,28,29). The van der Waals surface area contributed by atoms with Gasteiger partial charge in [-0.1, -0.05) is 20.8 Å². The van der Waals surface area contributed by atoms with E-state index in [0.29, 0.717) is 18.7 Å². The maximum atomic E-state index is 12.9. The maximum Gasteiger partial charge on any atom is 0.411 e. The molecular weight excluding hydrogens is 405 g/mol. The number of pyridine rings is 1. The first-order valence-electron chi connectivity index (χ1n) is 9.57. The van der Waals surface area contributed by atoms with Gasteiger partial charge in [0.2, 0.25) is 0 Å². The summed E-state index contributed by atoms with van der Waals surface area (Å²) in [5.41, 5.74) is -0.775. The fourth-order valence-corrected chi connectivity index (χ4v) is 2.89. The average molecular weight is 430 g/mol. The Hall–Kier alpha value is -2.69. The van der Waals surface area contributed by atoms with Crippen LogP contribution in [-0.2, 0) is 11.3 Å². The molecule has 1 atom stereocenters. The Kier molecular flexibility index (Phi) is 7.40. The zero-order chi connectivity index (χ0) is 22.6. The van der Waals surface area contributed by atoms with Crippen LogP contribution in [0.3, 0.4) is 0 Å². The normalized spacial score (nSPS) is 13.1. The van der Waals surface area contributed by atoms with Crippen molar-refractivity contribution in [3.05, 3.63) is 38.2 Å². The number of hydrogen-bond donors (Lipinski definition) is 2. The molecule has 2 rings (SSSR count). The number of nitrogens with one attached hydrogen (secondary N) is 2. The molecule has 1 unspecified atom stereocenters. The summed E-state index contributed by atoms with van der Waals surface area (Å²) in [6.45, 7) is 5.54. The van der Waals surface area contributed by atoms with Crippen LogP contribution in [0, 0.1) is 0 Å². The first-order chi connectivity index (χ1) is 13.9. The van der Waals surface area contributed by atoms with Crippen LogP contribution in [-0.4, -0.2) is 45.9 Å². The lowest BCUT2D eigenvalue weighted by atomic mass is 10.0. The Morgan fingerprint density at radius 1 is 1.30 bits per heavy atom. The lowest BCUT2D eigenvalue weighted by Crippen LogP contribution is -2.38. The smallest absolute Gasteiger partial charge is 0.370 e. The van der Waals surface area contributed by atoms with Crippen molar-refractivity contribution in [3.8, 4) is 0 Å². The van der Waals surface area contributed by atoms with Crippen LogP contribution in [0.5, 0.6) is 0 Å². The van der Waals surface area contributed by atoms with Gasteiger partial charge >= 0.3 is 11.9 Å². The summed E-state index contributed by atoms with van der Waals surface area (Å²) in [7, 11) is 0. The number of carbonyl (C=O) groups excluding carboxylic acids is 1. The Morgan fingerprint density at radius 2 is 1.97 bits per heavy atom. The third-order valence-electron chi connectivity index (χ3n) is 4.26. The van der Waals surface area contributed by atoms with Gasteiger partial charge in [0.25, 0.3) is 11.5 Å². The Bertz CT molecular complexity index is 1030. The molecule has 0 fully saturated rings. The number of alkyl halides is 3. The summed E-state index contributed by atoms with van der Waals surface area (Å²) in [4.78, 5) is 44.2. The van der Waals surface area contributed by atoms with E-state index in [4.69, 9.17) is 0 Å². The highest BCUT2D eigenvalue weighted by molar-refractivity contribution is 6.05. The van der Waals surface area contributed by atoms with Crippen LogP contribution in [0.4, 0.5) is 13.2 Å². The second kappa shape index (κ2) is 9.41. The molecule has 2 aromatic rings. The van der Waals surface area contributed by atoms with E-state index >= 15 is 0 Å². The number of fused-ring (bicyclic) bond motifs is 1. The molecule has 0 aromatic carbocycles. The van der Waals surface area contributed by atoms with E-state index in [1.54, 1.807) is 0 Å². The van der Waals surface area contributed by atoms with E-state index in [-0.39, 0.29) is 29.1 Å². The number of aromatic nitrogens is 3. The third-order valence-corrected chi connectivity index (χ3v) is 4.26. The molecule has 30 heavy (non-hydrogen) atoms. The van der Waals surface area contributed by atoms with E-state index in [9.17, 15) is 27.6 Å². The molecule has 0 aliphatic carbocycles. The Balaban J connectivity index is 2.46. The zero-order valence-corrected chi connectivity index (χ0v) is 17.2. The fourth-order valence-electron chi connectivity index (χ4n) is 2.89. The highest BCUT2D eigenvalue weighted by Crippen LogP contribution is 2.20. The molecule has 1 amide bonds. The van der Waals surface area contributed by atoms with Gasteiger partial charge in [0.1, 0.15) is 6.61 Å². The van der Waals surface area contributed by atoms with E-state index in [1.807, 2.05) is 20.8 Å². The second-order valence-electron chi connectivity index (χ2n) is 7.36. The molecule has 2 aromatic heterocycles. The van der Waals surface area contributed by atoms with Crippen molar-refractivity contribution >= 4 is 16.9 Å². The molecule has 2 N–H and O–H groups in total. The molecule has 0 bridgehead atoms. The average Bonchev–Trinajstić information content (AvgIpc) is 2.62. The van der Waals surface area contributed by atoms with Crippen LogP contribution in [0.25, 0.3) is 11.0 Å². The maximum absolute atomic E-state index is 12.9. The van der Waals surface area contributed by atoms with Crippen molar-refractivity contribution in [1.29, 1.82) is 0 Å². The lowest BCUT2D eigenvalue weighted by Gasteiger charge is -2.17. The summed E-state index contributed by atoms with van der Waals surface area (Å²) in [5.74, 6) is -0.766. The van der Waals surface area contributed by atoms with Gasteiger partial charge in [-0.25, -0.2) is 9.78 Å². The molecule has 11 heteroatoms. The van der Waals surface area contributed by atoms with Gasteiger partial charge in [0.05, 0.1) is 17.6 Å². The second-order valence-corrected chi connectivity index (χ2v) is 7.36. The highest BCUT2D eigenvalue weighted by atomic mass is 19.4. The minimum absolute atomic E-state index is 0.00234. The predicted octanol–water partition coefficient (Wildman–Crippen LogP) is 2.32. The molecular formula is C19H25F3N4O4. The van der Waals surface area contributed by atoms with Gasteiger partial charge in [-0.05, 0) is 25.3 Å². The number of rotatable bonds is 8. The monoisotopic (exact) mass is 430 g/mol. The largest absolute Gasteiger partial charge is 0.411 e. The first kappa shape index (κ1) is 23.6. The number of halogens is 3. The summed E-state index contributed by atoms with van der Waals surface area (Å²) in [6, 6.07) is 0.716. The van der Waals surface area contributed by atoms with Crippen molar-refractivity contribution in [2.45, 2.75) is 58.8 Å². The predicted molar refractivity (Wildman–Crippen MR) is 105 cm³/mol. The summed E-state index contributed by atoms with van der Waals surface area (Å²) in [5, 5.41) is 2.49. The summed E-state index contributed by atoms with van der Waals surface area (Å²) < 4.78 is 42.5. The molecule has 2 heterocycles. The van der Waals surface area contributed by atoms with Gasteiger partial charge in [-0.2, -0.15) is 13.2 Å². The van der Waals surface area contributed by atoms with E-state index in [2.05, 4.69) is 20.0 Å². The number of ether oxygens (including phenoxy) is 1. The van der Waals surface area contributed by atoms with Crippen LogP contribution in [0.2, 0.25) is 0 Å². The number of nitrogens with zero attached hydrogens (tertiary/aromatic N) is 2. The number of hydrogen-bond acceptors (Lipinski definition) is 5. The molecule has 0 aliphatic rings. The third kappa shape index (κ3) is 5.68. The van der Waals surface area contributed by atoms with Gasteiger partial charge < -0.3 is 10.1 Å². The highest BCUT2D eigenvalue weighted by Gasteiger charge is 2.28. The summed E-state index contributed by atoms with van der Waals surface area (Å²) >= 11 is 0. The summed E-state index contributed by atoms with van der Waals surface area (Å²) in [6.07, 6.45) is -3.86. The van der Waals surface area contributed by atoms with E-state index in [1.165, 1.54) is 17.6 Å². The van der Waals surface area contributed by atoms with Crippen LogP contribution in [0.15, 0.2) is 15.7 Å². The molecule has 0 saturated heterocycles. The van der Waals surface area contributed by atoms with Crippen molar-refractivity contribution in [3.63, 3.8) is 0 Å². The molecule has 0 radical (unpaired) electrons. The number of H-pyrrole nitrogens is 1. The van der Waals surface area contributed by atoms with Gasteiger partial charge in [0, 0.05) is 18.3 Å². The Labute approximate surface area is 170 Å². The fraction of sp³-hybridized carbons (Fsp3) is 0.579. The molecule has 0 aliphatic heterocycles. The van der Waals surface area contributed by atoms with Gasteiger partial charge in [-0.3, -0.25) is 19.1 Å². The van der Waals surface area contributed by atoms with Gasteiger partial charge in [-0.15, -0.1) is 0 Å². The molecule has 8 nitrogen and oxygen atoms in total. The zero-order valence-electron chi connectivity index (χ0n) is 17.2. The van der Waals surface area contributed by atoms with E-state index in [0.717, 1.165) is 0 Å². The van der Waals surface area contributed by atoms with Gasteiger partial charge in [0.15, 0.2) is 5.65 Å². The first-order valence-corrected chi connectivity index (χ1v) is 9.57. The molecule has 166 valence electrons. The van der Waals surface area contributed by atoms with Crippen molar-refractivity contribution in [2.75, 3.05) is 13.2 Å². The van der Waals surface area contributed by atoms with Crippen molar-refractivity contribution in [1.82, 2.24) is 19.9 Å².